The van der Waals surface area contributed by atoms with Gasteiger partial charge in [0, 0.05) is 23.8 Å². The minimum absolute atomic E-state index is 0.898. The minimum atomic E-state index is 0.898. The molecule has 2 aromatic carbocycles. The Labute approximate surface area is 135 Å². The van der Waals surface area contributed by atoms with Crippen LogP contribution in [0, 0.1) is 0 Å². The van der Waals surface area contributed by atoms with E-state index in [-0.39, 0.29) is 0 Å². The standard InChI is InChI=1S/C21H16N2/c1-2-7-16(8-3-1)19-11-6-12-21-20(19)15-22-13-17-9-4-5-10-18(17)14-23-21/h1-9,11-15H,10H2/b18-14-,20-15-,22-13?,23-21+. The highest BCUT2D eigenvalue weighted by Crippen LogP contribution is 2.18. The van der Waals surface area contributed by atoms with Gasteiger partial charge in [-0.25, -0.2) is 0 Å². The SMILES string of the molecule is C1=CC/C2=C/N=c3\cccc(-c4ccccc4)\c3=C\N=CC2=C1. The highest BCUT2D eigenvalue weighted by molar-refractivity contribution is 5.87. The van der Waals surface area contributed by atoms with Gasteiger partial charge in [-0.3, -0.25) is 9.98 Å². The second kappa shape index (κ2) is 6.01. The van der Waals surface area contributed by atoms with E-state index in [9.17, 15) is 0 Å². The number of hydrogen-bond donors (Lipinski definition) is 0. The van der Waals surface area contributed by atoms with E-state index in [1.807, 2.05) is 30.7 Å². The molecule has 2 aromatic rings. The van der Waals surface area contributed by atoms with Gasteiger partial charge in [-0.1, -0.05) is 60.7 Å². The topological polar surface area (TPSA) is 24.7 Å². The third-order valence-corrected chi connectivity index (χ3v) is 4.07. The van der Waals surface area contributed by atoms with Gasteiger partial charge in [0.05, 0.1) is 5.36 Å². The van der Waals surface area contributed by atoms with Crippen molar-refractivity contribution in [3.8, 4) is 11.1 Å². The first-order chi connectivity index (χ1) is 11.4. The van der Waals surface area contributed by atoms with Crippen molar-refractivity contribution in [3.63, 3.8) is 0 Å². The minimum Gasteiger partial charge on any atom is -0.263 e. The smallest absolute Gasteiger partial charge is 0.0723 e. The van der Waals surface area contributed by atoms with Gasteiger partial charge in [0.1, 0.15) is 0 Å². The van der Waals surface area contributed by atoms with Crippen LogP contribution in [-0.2, 0) is 0 Å². The summed E-state index contributed by atoms with van der Waals surface area (Å²) in [5, 5.41) is 2.01. The Kier molecular flexibility index (Phi) is 3.57. The van der Waals surface area contributed by atoms with Crippen LogP contribution < -0.4 is 10.6 Å². The molecule has 2 heteroatoms. The van der Waals surface area contributed by atoms with E-state index in [2.05, 4.69) is 59.6 Å². The highest BCUT2D eigenvalue weighted by Gasteiger charge is 2.06. The van der Waals surface area contributed by atoms with Gasteiger partial charge in [-0.2, -0.15) is 0 Å². The summed E-state index contributed by atoms with van der Waals surface area (Å²) in [6, 6.07) is 16.6. The summed E-state index contributed by atoms with van der Waals surface area (Å²) in [4.78, 5) is 9.28. The average molecular weight is 296 g/mol. The molecule has 0 unspecified atom stereocenters. The first kappa shape index (κ1) is 13.6. The lowest BCUT2D eigenvalue weighted by molar-refractivity contribution is 1.19. The maximum absolute atomic E-state index is 4.73. The molecule has 0 spiro atoms. The molecule has 2 nitrogen and oxygen atoms in total. The molecule has 4 rings (SSSR count). The number of aliphatic imine (C=N–C) groups is 1. The van der Waals surface area contributed by atoms with Gasteiger partial charge in [-0.05, 0) is 34.8 Å². The van der Waals surface area contributed by atoms with Crippen molar-refractivity contribution in [1.29, 1.82) is 0 Å². The largest absolute Gasteiger partial charge is 0.263 e. The fourth-order valence-electron chi connectivity index (χ4n) is 2.86. The summed E-state index contributed by atoms with van der Waals surface area (Å²) < 4.78 is 0. The Balaban J connectivity index is 1.97. The third-order valence-electron chi connectivity index (χ3n) is 4.07. The molecule has 0 saturated carbocycles. The Morgan fingerprint density at radius 3 is 2.70 bits per heavy atom. The van der Waals surface area contributed by atoms with E-state index in [1.54, 1.807) is 0 Å². The van der Waals surface area contributed by atoms with Gasteiger partial charge in [0.2, 0.25) is 0 Å². The van der Waals surface area contributed by atoms with Crippen molar-refractivity contribution in [3.05, 3.63) is 94.7 Å². The summed E-state index contributed by atoms with van der Waals surface area (Å²) in [5.74, 6) is 0. The zero-order valence-corrected chi connectivity index (χ0v) is 12.7. The second-order valence-electron chi connectivity index (χ2n) is 5.55. The number of rotatable bonds is 1. The van der Waals surface area contributed by atoms with E-state index in [0.717, 1.165) is 28.1 Å². The van der Waals surface area contributed by atoms with Crippen LogP contribution in [0.2, 0.25) is 0 Å². The first-order valence-electron chi connectivity index (χ1n) is 7.74. The van der Waals surface area contributed by atoms with Crippen molar-refractivity contribution in [1.82, 2.24) is 0 Å². The molecule has 0 bridgehead atoms. The predicted octanol–water partition coefficient (Wildman–Crippen LogP) is 3.57. The molecule has 0 N–H and O–H groups in total. The van der Waals surface area contributed by atoms with E-state index >= 15 is 0 Å². The fourth-order valence-corrected chi connectivity index (χ4v) is 2.86. The molecular formula is C21H16N2. The number of allylic oxidation sites excluding steroid dienone is 5. The third kappa shape index (κ3) is 2.71. The Hall–Kier alpha value is -3.00. The molecule has 0 saturated heterocycles. The Bertz CT molecular complexity index is 974. The van der Waals surface area contributed by atoms with Crippen LogP contribution in [0.5, 0.6) is 0 Å². The second-order valence-corrected chi connectivity index (χ2v) is 5.55. The van der Waals surface area contributed by atoms with Crippen molar-refractivity contribution < 1.29 is 0 Å². The summed E-state index contributed by atoms with van der Waals surface area (Å²) in [6.45, 7) is 0. The fraction of sp³-hybridized carbons (Fsp3) is 0.0476. The lowest BCUT2D eigenvalue weighted by Crippen LogP contribution is -2.26. The summed E-state index contributed by atoms with van der Waals surface area (Å²) >= 11 is 0. The van der Waals surface area contributed by atoms with Crippen molar-refractivity contribution in [2.75, 3.05) is 0 Å². The summed E-state index contributed by atoms with van der Waals surface area (Å²) in [6.07, 6.45) is 13.0. The first-order valence-corrected chi connectivity index (χ1v) is 7.74. The van der Waals surface area contributed by atoms with Crippen LogP contribution in [0.3, 0.4) is 0 Å². The molecule has 110 valence electrons. The number of nitrogens with zero attached hydrogens (tertiary/aromatic N) is 2. The van der Waals surface area contributed by atoms with Gasteiger partial charge in [-0.15, -0.1) is 0 Å². The maximum Gasteiger partial charge on any atom is 0.0723 e. The van der Waals surface area contributed by atoms with Gasteiger partial charge in [0.25, 0.3) is 0 Å². The van der Waals surface area contributed by atoms with E-state index in [4.69, 9.17) is 4.99 Å². The molecule has 1 aliphatic heterocycles. The van der Waals surface area contributed by atoms with E-state index < -0.39 is 0 Å². The Morgan fingerprint density at radius 2 is 1.78 bits per heavy atom. The van der Waals surface area contributed by atoms with Crippen molar-refractivity contribution in [2.24, 2.45) is 9.98 Å². The van der Waals surface area contributed by atoms with Gasteiger partial charge < -0.3 is 0 Å². The van der Waals surface area contributed by atoms with Crippen LogP contribution >= 0.6 is 0 Å². The van der Waals surface area contributed by atoms with Crippen LogP contribution in [0.15, 0.2) is 94.1 Å². The van der Waals surface area contributed by atoms with Crippen LogP contribution in [0.4, 0.5) is 0 Å². The molecule has 0 fully saturated rings. The summed E-state index contributed by atoms with van der Waals surface area (Å²) in [7, 11) is 0. The molecule has 0 aromatic heterocycles. The molecule has 1 heterocycles. The number of fused-ring (bicyclic) bond motifs is 2. The van der Waals surface area contributed by atoms with Crippen molar-refractivity contribution in [2.45, 2.75) is 6.42 Å². The molecule has 0 radical (unpaired) electrons. The quantitative estimate of drug-likeness (QED) is 0.768. The van der Waals surface area contributed by atoms with Gasteiger partial charge in [0.15, 0.2) is 0 Å². The molecular weight excluding hydrogens is 280 g/mol. The predicted molar refractivity (Wildman–Crippen MR) is 95.5 cm³/mol. The Morgan fingerprint density at radius 1 is 0.870 bits per heavy atom. The number of hydrogen-bond acceptors (Lipinski definition) is 2. The van der Waals surface area contributed by atoms with Crippen LogP contribution in [-0.4, -0.2) is 6.21 Å². The van der Waals surface area contributed by atoms with Crippen LogP contribution in [0.1, 0.15) is 6.42 Å². The van der Waals surface area contributed by atoms with Crippen LogP contribution in [0.25, 0.3) is 17.3 Å². The lowest BCUT2D eigenvalue weighted by atomic mass is 10.0. The zero-order chi connectivity index (χ0) is 15.5. The molecule has 23 heavy (non-hydrogen) atoms. The monoisotopic (exact) mass is 296 g/mol. The lowest BCUT2D eigenvalue weighted by Gasteiger charge is -2.06. The maximum atomic E-state index is 4.73. The summed E-state index contributed by atoms with van der Waals surface area (Å²) in [5.41, 5.74) is 4.65. The molecule has 2 aliphatic rings. The highest BCUT2D eigenvalue weighted by atomic mass is 14.7. The molecule has 1 aliphatic carbocycles. The van der Waals surface area contributed by atoms with E-state index in [0.29, 0.717) is 0 Å². The van der Waals surface area contributed by atoms with Gasteiger partial charge >= 0.3 is 0 Å². The van der Waals surface area contributed by atoms with E-state index in [1.165, 1.54) is 11.1 Å². The number of benzene rings is 2. The molecule has 0 atom stereocenters. The van der Waals surface area contributed by atoms with Crippen molar-refractivity contribution >= 4 is 12.4 Å². The molecule has 0 amide bonds. The normalized spacial score (nSPS) is 20.9. The average Bonchev–Trinajstić information content (AvgIpc) is 2.71. The zero-order valence-electron chi connectivity index (χ0n) is 12.7.